The van der Waals surface area contributed by atoms with E-state index in [2.05, 4.69) is 15.2 Å². The van der Waals surface area contributed by atoms with Gasteiger partial charge in [-0.1, -0.05) is 0 Å². The van der Waals surface area contributed by atoms with Gasteiger partial charge in [-0.25, -0.2) is 9.78 Å². The van der Waals surface area contributed by atoms with E-state index in [1.807, 2.05) is 6.92 Å². The molecule has 0 atom stereocenters. The van der Waals surface area contributed by atoms with Crippen molar-refractivity contribution in [2.75, 3.05) is 0 Å². The van der Waals surface area contributed by atoms with Crippen molar-refractivity contribution in [3.8, 4) is 5.69 Å². The van der Waals surface area contributed by atoms with Gasteiger partial charge in [-0.15, -0.1) is 4.80 Å². The number of pyridine rings is 1. The van der Waals surface area contributed by atoms with Crippen LogP contribution in [0.4, 0.5) is 0 Å². The summed E-state index contributed by atoms with van der Waals surface area (Å²) in [5, 5.41) is 16.7. The first kappa shape index (κ1) is 12.8. The first-order valence-corrected chi connectivity index (χ1v) is 4.25. The molecular formula is C9H9N4NaO2. The fourth-order valence-corrected chi connectivity index (χ4v) is 1.21. The summed E-state index contributed by atoms with van der Waals surface area (Å²) in [5.74, 6) is -1.10. The average Bonchev–Trinajstić information content (AvgIpc) is 2.69. The largest absolute Gasteiger partial charge is 1.00 e. The zero-order chi connectivity index (χ0) is 10.8. The van der Waals surface area contributed by atoms with Crippen molar-refractivity contribution in [1.82, 2.24) is 20.0 Å². The molecule has 1 N–H and O–H groups in total. The van der Waals surface area contributed by atoms with E-state index in [4.69, 9.17) is 5.11 Å². The zero-order valence-electron chi connectivity index (χ0n) is 9.95. The Morgan fingerprint density at radius 2 is 2.06 bits per heavy atom. The number of carboxylic acids is 1. The summed E-state index contributed by atoms with van der Waals surface area (Å²) in [4.78, 5) is 16.0. The molecule has 0 amide bonds. The predicted molar refractivity (Wildman–Crippen MR) is 52.0 cm³/mol. The number of rotatable bonds is 2. The van der Waals surface area contributed by atoms with Gasteiger partial charge < -0.3 is 6.53 Å². The van der Waals surface area contributed by atoms with Crippen molar-refractivity contribution in [2.45, 2.75) is 6.92 Å². The van der Waals surface area contributed by atoms with Gasteiger partial charge >= 0.3 is 35.5 Å². The van der Waals surface area contributed by atoms with Gasteiger partial charge in [0.1, 0.15) is 5.69 Å². The summed E-state index contributed by atoms with van der Waals surface area (Å²) in [6.07, 6.45) is 4.46. The van der Waals surface area contributed by atoms with Crippen LogP contribution in [-0.4, -0.2) is 31.1 Å². The van der Waals surface area contributed by atoms with Crippen molar-refractivity contribution >= 4 is 5.97 Å². The molecule has 16 heavy (non-hydrogen) atoms. The Bertz CT molecular complexity index is 504. The molecule has 2 heterocycles. The van der Waals surface area contributed by atoms with Crippen LogP contribution in [0.15, 0.2) is 24.7 Å². The maximum Gasteiger partial charge on any atom is 1.00 e. The predicted octanol–water partition coefficient (Wildman–Crippen LogP) is -2.21. The SMILES string of the molecule is Cc1cnc(C(=O)O)c(-n2nccn2)c1.[H-].[Na+]. The van der Waals surface area contributed by atoms with E-state index >= 15 is 0 Å². The standard InChI is InChI=1S/C9H8N4O2.Na.H/c1-6-4-7(13-11-2-3-12-13)8(9(14)15)10-5-6;;/h2-5H,1H3,(H,14,15);;/q;+1;-1. The number of aromatic carboxylic acids is 1. The van der Waals surface area contributed by atoms with Crippen molar-refractivity contribution in [3.63, 3.8) is 0 Å². The van der Waals surface area contributed by atoms with E-state index in [-0.39, 0.29) is 36.7 Å². The molecule has 6 nitrogen and oxygen atoms in total. The molecular weight excluding hydrogens is 219 g/mol. The Morgan fingerprint density at radius 3 is 2.62 bits per heavy atom. The molecule has 0 aliphatic rings. The van der Waals surface area contributed by atoms with Gasteiger partial charge in [0.15, 0.2) is 5.69 Å². The minimum atomic E-state index is -1.10. The first-order valence-electron chi connectivity index (χ1n) is 4.25. The van der Waals surface area contributed by atoms with Crippen molar-refractivity contribution < 1.29 is 40.9 Å². The van der Waals surface area contributed by atoms with E-state index in [0.717, 1.165) is 5.56 Å². The van der Waals surface area contributed by atoms with Gasteiger partial charge in [0.05, 0.1) is 12.4 Å². The van der Waals surface area contributed by atoms with Gasteiger partial charge in [-0.2, -0.15) is 10.2 Å². The van der Waals surface area contributed by atoms with E-state index in [1.165, 1.54) is 23.4 Å². The molecule has 0 bridgehead atoms. The van der Waals surface area contributed by atoms with Crippen LogP contribution < -0.4 is 29.6 Å². The van der Waals surface area contributed by atoms with Crippen LogP contribution in [-0.2, 0) is 0 Å². The van der Waals surface area contributed by atoms with E-state index in [1.54, 1.807) is 6.07 Å². The van der Waals surface area contributed by atoms with E-state index in [9.17, 15) is 4.79 Å². The number of hydrogen-bond donors (Lipinski definition) is 1. The van der Waals surface area contributed by atoms with Crippen LogP contribution in [0.1, 0.15) is 17.5 Å². The Hall–Kier alpha value is -1.24. The number of aryl methyl sites for hydroxylation is 1. The molecule has 2 rings (SSSR count). The average molecular weight is 228 g/mol. The van der Waals surface area contributed by atoms with E-state index < -0.39 is 5.97 Å². The second-order valence-corrected chi connectivity index (χ2v) is 3.00. The number of nitrogens with zero attached hydrogens (tertiary/aromatic N) is 4. The summed E-state index contributed by atoms with van der Waals surface area (Å²) >= 11 is 0. The summed E-state index contributed by atoms with van der Waals surface area (Å²) in [6, 6.07) is 1.68. The van der Waals surface area contributed by atoms with Crippen LogP contribution in [0.2, 0.25) is 0 Å². The van der Waals surface area contributed by atoms with Gasteiger partial charge in [0.2, 0.25) is 0 Å². The maximum absolute atomic E-state index is 10.9. The van der Waals surface area contributed by atoms with Gasteiger partial charge in [0, 0.05) is 6.20 Å². The quantitative estimate of drug-likeness (QED) is 0.589. The summed E-state index contributed by atoms with van der Waals surface area (Å²) in [7, 11) is 0. The van der Waals surface area contributed by atoms with Crippen molar-refractivity contribution in [1.29, 1.82) is 0 Å². The first-order chi connectivity index (χ1) is 7.18. The number of carbonyl (C=O) groups is 1. The van der Waals surface area contributed by atoms with E-state index in [0.29, 0.717) is 5.69 Å². The monoisotopic (exact) mass is 228 g/mol. The molecule has 7 heteroatoms. The Morgan fingerprint density at radius 1 is 1.44 bits per heavy atom. The summed E-state index contributed by atoms with van der Waals surface area (Å²) < 4.78 is 0. The Labute approximate surface area is 115 Å². The number of aromatic nitrogens is 4. The van der Waals surface area contributed by atoms with Crippen LogP contribution in [0.5, 0.6) is 0 Å². The molecule has 0 aliphatic carbocycles. The molecule has 78 valence electrons. The van der Waals surface area contributed by atoms with Crippen molar-refractivity contribution in [2.24, 2.45) is 0 Å². The maximum atomic E-state index is 10.9. The number of hydrogen-bond acceptors (Lipinski definition) is 4. The topological polar surface area (TPSA) is 80.9 Å². The Kier molecular flexibility index (Phi) is 4.17. The third-order valence-electron chi connectivity index (χ3n) is 1.84. The zero-order valence-corrected chi connectivity index (χ0v) is 11.0. The van der Waals surface area contributed by atoms with Crippen LogP contribution >= 0.6 is 0 Å². The molecule has 0 radical (unpaired) electrons. The molecule has 0 saturated heterocycles. The third-order valence-corrected chi connectivity index (χ3v) is 1.84. The fourth-order valence-electron chi connectivity index (χ4n) is 1.21. The van der Waals surface area contributed by atoms with Crippen molar-refractivity contribution in [3.05, 3.63) is 35.9 Å². The molecule has 2 aromatic rings. The van der Waals surface area contributed by atoms with Crippen LogP contribution in [0.3, 0.4) is 0 Å². The van der Waals surface area contributed by atoms with Gasteiger partial charge in [-0.3, -0.25) is 0 Å². The molecule has 0 fully saturated rings. The fraction of sp³-hybridized carbons (Fsp3) is 0.111. The molecule has 0 aliphatic heterocycles. The van der Waals surface area contributed by atoms with Crippen LogP contribution in [0.25, 0.3) is 5.69 Å². The second kappa shape index (κ2) is 5.20. The van der Waals surface area contributed by atoms with Gasteiger partial charge in [0.25, 0.3) is 0 Å². The number of carboxylic acid groups (broad SMARTS) is 1. The second-order valence-electron chi connectivity index (χ2n) is 3.00. The smallest absolute Gasteiger partial charge is 1.00 e. The van der Waals surface area contributed by atoms with Crippen LogP contribution in [0, 0.1) is 6.92 Å². The molecule has 2 aromatic heterocycles. The molecule has 0 spiro atoms. The third kappa shape index (κ3) is 2.46. The molecule has 0 saturated carbocycles. The Balaban J connectivity index is 0.00000128. The summed E-state index contributed by atoms with van der Waals surface area (Å²) in [5.41, 5.74) is 1.16. The normalized spacial score (nSPS) is 9.56. The summed E-state index contributed by atoms with van der Waals surface area (Å²) in [6.45, 7) is 1.83. The minimum absolute atomic E-state index is 0. The molecule has 0 aromatic carbocycles. The molecule has 0 unspecified atom stereocenters. The minimum Gasteiger partial charge on any atom is -1.00 e. The van der Waals surface area contributed by atoms with Gasteiger partial charge in [-0.05, 0) is 18.6 Å².